The summed E-state index contributed by atoms with van der Waals surface area (Å²) in [5.41, 5.74) is 7.14. The van der Waals surface area contributed by atoms with Gasteiger partial charge in [-0.25, -0.2) is 0 Å². The van der Waals surface area contributed by atoms with Gasteiger partial charge in [-0.05, 0) is 55.6 Å². The van der Waals surface area contributed by atoms with Crippen LogP contribution in [0, 0.1) is 0 Å². The zero-order chi connectivity index (χ0) is 12.6. The largest absolute Gasteiger partial charge is 0.320 e. The number of hydrogen-bond acceptors (Lipinski definition) is 2. The molecule has 0 saturated carbocycles. The Morgan fingerprint density at radius 2 is 1.82 bits per heavy atom. The Kier molecular flexibility index (Phi) is 4.55. The van der Waals surface area contributed by atoms with E-state index in [-0.39, 0.29) is 6.04 Å². The van der Waals surface area contributed by atoms with E-state index in [4.69, 9.17) is 28.9 Å². The lowest BCUT2D eigenvalue weighted by molar-refractivity contribution is 0.893. The van der Waals surface area contributed by atoms with E-state index in [2.05, 4.69) is 31.9 Å². The first-order valence-corrected chi connectivity index (χ1v) is 7.80. The highest BCUT2D eigenvalue weighted by Gasteiger charge is 2.14. The van der Waals surface area contributed by atoms with E-state index in [1.165, 1.54) is 11.3 Å². The van der Waals surface area contributed by atoms with Crippen LogP contribution in [0.3, 0.4) is 0 Å². The van der Waals surface area contributed by atoms with E-state index in [9.17, 15) is 0 Å². The summed E-state index contributed by atoms with van der Waals surface area (Å²) < 4.78 is 2.44. The second-order valence-corrected chi connectivity index (χ2v) is 7.22. The van der Waals surface area contributed by atoms with Crippen molar-refractivity contribution in [1.29, 1.82) is 0 Å². The molecule has 1 heterocycles. The maximum Gasteiger partial charge on any atom is 0.107 e. The van der Waals surface area contributed by atoms with Crippen LogP contribution in [0.25, 0.3) is 0 Å². The summed E-state index contributed by atoms with van der Waals surface area (Å²) in [6.07, 6.45) is 0. The minimum Gasteiger partial charge on any atom is -0.320 e. The summed E-state index contributed by atoms with van der Waals surface area (Å²) in [5.74, 6) is 0. The number of nitrogens with two attached hydrogens (primary N) is 1. The van der Waals surface area contributed by atoms with Gasteiger partial charge >= 0.3 is 0 Å². The normalized spacial score (nSPS) is 12.8. The third kappa shape index (κ3) is 3.06. The van der Waals surface area contributed by atoms with Crippen molar-refractivity contribution in [1.82, 2.24) is 0 Å². The van der Waals surface area contributed by atoms with Gasteiger partial charge in [0, 0.05) is 13.8 Å². The molecule has 6 heteroatoms. The second-order valence-electron chi connectivity index (χ2n) is 3.42. The van der Waals surface area contributed by atoms with Gasteiger partial charge in [-0.15, -0.1) is 11.3 Å². The Bertz CT molecular complexity index is 537. The topological polar surface area (TPSA) is 26.0 Å². The van der Waals surface area contributed by atoms with Crippen molar-refractivity contribution in [3.63, 3.8) is 0 Å². The van der Waals surface area contributed by atoms with Crippen molar-refractivity contribution in [2.45, 2.75) is 6.04 Å². The Morgan fingerprint density at radius 3 is 2.35 bits per heavy atom. The Hall–Kier alpha value is 0.420. The van der Waals surface area contributed by atoms with Crippen LogP contribution in [0.5, 0.6) is 0 Å². The minimum absolute atomic E-state index is 0.214. The monoisotopic (exact) mass is 413 g/mol. The molecule has 2 N–H and O–H groups in total. The summed E-state index contributed by atoms with van der Waals surface area (Å²) in [5, 5.41) is 0.652. The van der Waals surface area contributed by atoms with Gasteiger partial charge in [-0.3, -0.25) is 0 Å². The molecule has 0 spiro atoms. The maximum absolute atomic E-state index is 6.17. The first-order valence-electron chi connectivity index (χ1n) is 4.64. The van der Waals surface area contributed by atoms with Gasteiger partial charge in [0.2, 0.25) is 0 Å². The van der Waals surface area contributed by atoms with Crippen molar-refractivity contribution >= 4 is 66.4 Å². The lowest BCUT2D eigenvalue weighted by atomic mass is 10.1. The van der Waals surface area contributed by atoms with Gasteiger partial charge in [0.05, 0.1) is 11.1 Å². The first-order chi connectivity index (χ1) is 7.99. The molecular weight excluding hydrogens is 409 g/mol. The number of thiophene rings is 1. The van der Waals surface area contributed by atoms with E-state index in [0.29, 0.717) is 9.36 Å². The summed E-state index contributed by atoms with van der Waals surface area (Å²) >= 11 is 20.2. The van der Waals surface area contributed by atoms with E-state index in [1.54, 1.807) is 0 Å². The molecule has 0 radical (unpaired) electrons. The van der Waals surface area contributed by atoms with Gasteiger partial charge in [-0.1, -0.05) is 29.3 Å². The lowest BCUT2D eigenvalue weighted by Gasteiger charge is -2.10. The lowest BCUT2D eigenvalue weighted by Crippen LogP contribution is -2.09. The van der Waals surface area contributed by atoms with Crippen molar-refractivity contribution in [3.05, 3.63) is 53.0 Å². The standard InChI is InChI=1S/C11H7Br2Cl2NS/c12-6-2-1-5(3-8(6)14)10(16)9-4-7(13)11(15)17-9/h1-4,10H,16H2. The molecule has 1 aromatic heterocycles. The summed E-state index contributed by atoms with van der Waals surface area (Å²) in [4.78, 5) is 1.00. The quantitative estimate of drug-likeness (QED) is 0.676. The maximum atomic E-state index is 6.17. The molecule has 1 aromatic carbocycles. The Labute approximate surface area is 130 Å². The Balaban J connectivity index is 2.36. The molecule has 0 aliphatic heterocycles. The predicted octanol–water partition coefficient (Wildman–Crippen LogP) is 5.63. The fourth-order valence-electron chi connectivity index (χ4n) is 1.39. The van der Waals surface area contributed by atoms with Crippen LogP contribution in [0.4, 0.5) is 0 Å². The van der Waals surface area contributed by atoms with E-state index in [0.717, 1.165) is 19.4 Å². The molecule has 1 atom stereocenters. The highest BCUT2D eigenvalue weighted by molar-refractivity contribution is 9.11. The van der Waals surface area contributed by atoms with E-state index in [1.807, 2.05) is 24.3 Å². The summed E-state index contributed by atoms with van der Waals surface area (Å²) in [7, 11) is 0. The van der Waals surface area contributed by atoms with Gasteiger partial charge in [0.1, 0.15) is 4.34 Å². The molecule has 0 aliphatic carbocycles. The van der Waals surface area contributed by atoms with Gasteiger partial charge in [0.25, 0.3) is 0 Å². The molecule has 0 aliphatic rings. The summed E-state index contributed by atoms with van der Waals surface area (Å²) in [6.45, 7) is 0. The molecule has 1 unspecified atom stereocenters. The Morgan fingerprint density at radius 1 is 1.12 bits per heavy atom. The predicted molar refractivity (Wildman–Crippen MR) is 82.2 cm³/mol. The van der Waals surface area contributed by atoms with Gasteiger partial charge in [0.15, 0.2) is 0 Å². The van der Waals surface area contributed by atoms with E-state index < -0.39 is 0 Å². The number of hydrogen-bond donors (Lipinski definition) is 1. The SMILES string of the molecule is NC(c1ccc(Br)c(Cl)c1)c1cc(Br)c(Cl)s1. The van der Waals surface area contributed by atoms with Crippen molar-refractivity contribution < 1.29 is 0 Å². The molecule has 1 nitrogen and oxygen atoms in total. The molecule has 2 aromatic rings. The van der Waals surface area contributed by atoms with Crippen molar-refractivity contribution in [2.75, 3.05) is 0 Å². The van der Waals surface area contributed by atoms with Crippen LogP contribution in [0.15, 0.2) is 33.2 Å². The van der Waals surface area contributed by atoms with Crippen LogP contribution in [-0.4, -0.2) is 0 Å². The zero-order valence-electron chi connectivity index (χ0n) is 8.38. The number of benzene rings is 1. The van der Waals surface area contributed by atoms with Gasteiger partial charge in [-0.2, -0.15) is 0 Å². The molecule has 0 amide bonds. The third-order valence-electron chi connectivity index (χ3n) is 2.27. The molecule has 0 saturated heterocycles. The molecule has 0 fully saturated rings. The summed E-state index contributed by atoms with van der Waals surface area (Å²) in [6, 6.07) is 7.42. The smallest absolute Gasteiger partial charge is 0.107 e. The highest BCUT2D eigenvalue weighted by Crippen LogP contribution is 2.37. The van der Waals surface area contributed by atoms with Crippen LogP contribution in [0.1, 0.15) is 16.5 Å². The van der Waals surface area contributed by atoms with Crippen LogP contribution < -0.4 is 5.73 Å². The second kappa shape index (κ2) is 5.59. The molecular formula is C11H7Br2Cl2NS. The van der Waals surface area contributed by atoms with E-state index >= 15 is 0 Å². The first kappa shape index (κ1) is 13.8. The van der Waals surface area contributed by atoms with Crippen molar-refractivity contribution in [3.8, 4) is 0 Å². The average molecular weight is 416 g/mol. The van der Waals surface area contributed by atoms with Crippen molar-refractivity contribution in [2.24, 2.45) is 5.73 Å². The number of rotatable bonds is 2. The average Bonchev–Trinajstić information content (AvgIpc) is 2.62. The highest BCUT2D eigenvalue weighted by atomic mass is 79.9. The third-order valence-corrected chi connectivity index (χ3v) is 6.06. The minimum atomic E-state index is -0.214. The van der Waals surface area contributed by atoms with Crippen LogP contribution in [-0.2, 0) is 0 Å². The number of halogens is 4. The molecule has 90 valence electrons. The molecule has 0 bridgehead atoms. The fraction of sp³-hybridized carbons (Fsp3) is 0.0909. The van der Waals surface area contributed by atoms with Crippen LogP contribution in [0.2, 0.25) is 9.36 Å². The fourth-order valence-corrected chi connectivity index (χ4v) is 3.59. The van der Waals surface area contributed by atoms with Crippen LogP contribution >= 0.6 is 66.4 Å². The zero-order valence-corrected chi connectivity index (χ0v) is 13.9. The molecule has 17 heavy (non-hydrogen) atoms. The molecule has 2 rings (SSSR count). The van der Waals surface area contributed by atoms with Gasteiger partial charge < -0.3 is 5.73 Å².